The third-order valence-corrected chi connectivity index (χ3v) is 5.48. The molecule has 2 saturated heterocycles. The van der Waals surface area contributed by atoms with Crippen molar-refractivity contribution in [3.8, 4) is 11.5 Å². The number of nitrogens with zero attached hydrogens (tertiary/aromatic N) is 2. The summed E-state index contributed by atoms with van der Waals surface area (Å²) in [5.74, 6) is 0.574. The normalized spacial score (nSPS) is 18.3. The van der Waals surface area contributed by atoms with Crippen molar-refractivity contribution in [3.05, 3.63) is 28.7 Å². The van der Waals surface area contributed by atoms with E-state index in [1.807, 2.05) is 6.92 Å². The average Bonchev–Trinajstić information content (AvgIpc) is 3.32. The van der Waals surface area contributed by atoms with Gasteiger partial charge in [0.25, 0.3) is 11.1 Å². The van der Waals surface area contributed by atoms with Crippen molar-refractivity contribution < 1.29 is 23.9 Å². The van der Waals surface area contributed by atoms with Crippen LogP contribution < -0.4 is 9.47 Å². The highest BCUT2D eigenvalue weighted by atomic mass is 32.2. The molecule has 0 saturated carbocycles. The molecule has 2 aliphatic heterocycles. The standard InChI is InChI=1S/C20H24N2O5S/c1-3-10-27-15-7-6-14(11-16(15)26-2)12-17-19(24)22(20(25)28-17)13-18(23)21-8-4-5-9-21/h6-7,11-12H,3-5,8-10,13H2,1-2H3/b17-12-. The van der Waals surface area contributed by atoms with Gasteiger partial charge in [-0.1, -0.05) is 13.0 Å². The van der Waals surface area contributed by atoms with Gasteiger partial charge in [-0.2, -0.15) is 0 Å². The van der Waals surface area contributed by atoms with Crippen LogP contribution in [0.3, 0.4) is 0 Å². The Morgan fingerprint density at radius 3 is 2.64 bits per heavy atom. The molecule has 0 aromatic heterocycles. The molecule has 0 aliphatic carbocycles. The molecule has 7 nitrogen and oxygen atoms in total. The number of benzene rings is 1. The molecule has 0 unspecified atom stereocenters. The van der Waals surface area contributed by atoms with Crippen LogP contribution in [0.25, 0.3) is 6.08 Å². The molecule has 1 aromatic carbocycles. The van der Waals surface area contributed by atoms with Crippen molar-refractivity contribution >= 4 is 34.9 Å². The Kier molecular flexibility index (Phi) is 6.61. The van der Waals surface area contributed by atoms with Crippen LogP contribution in [-0.2, 0) is 9.59 Å². The van der Waals surface area contributed by atoms with Crippen LogP contribution in [0.15, 0.2) is 23.1 Å². The second-order valence-electron chi connectivity index (χ2n) is 6.61. The van der Waals surface area contributed by atoms with Gasteiger partial charge in [0.05, 0.1) is 18.6 Å². The predicted molar refractivity (Wildman–Crippen MR) is 107 cm³/mol. The van der Waals surface area contributed by atoms with Gasteiger partial charge in [-0.15, -0.1) is 0 Å². The highest BCUT2D eigenvalue weighted by Crippen LogP contribution is 2.34. The van der Waals surface area contributed by atoms with Crippen LogP contribution in [0.5, 0.6) is 11.5 Å². The van der Waals surface area contributed by atoms with Gasteiger partial charge in [-0.05, 0) is 54.8 Å². The molecule has 2 aliphatic rings. The lowest BCUT2D eigenvalue weighted by Crippen LogP contribution is -2.40. The van der Waals surface area contributed by atoms with Gasteiger partial charge in [0.2, 0.25) is 5.91 Å². The molecule has 8 heteroatoms. The summed E-state index contributed by atoms with van der Waals surface area (Å²) >= 11 is 0.848. The zero-order chi connectivity index (χ0) is 20.1. The Bertz CT molecular complexity index is 802. The van der Waals surface area contributed by atoms with Crippen molar-refractivity contribution in [2.75, 3.05) is 33.4 Å². The van der Waals surface area contributed by atoms with Crippen molar-refractivity contribution in [3.63, 3.8) is 0 Å². The Hall–Kier alpha value is -2.48. The molecule has 3 rings (SSSR count). The lowest BCUT2D eigenvalue weighted by atomic mass is 10.2. The maximum absolute atomic E-state index is 12.6. The molecule has 0 atom stereocenters. The third-order valence-electron chi connectivity index (χ3n) is 4.57. The van der Waals surface area contributed by atoms with Crippen LogP contribution in [0.4, 0.5) is 4.79 Å². The van der Waals surface area contributed by atoms with Gasteiger partial charge < -0.3 is 14.4 Å². The van der Waals surface area contributed by atoms with Crippen molar-refractivity contribution in [1.29, 1.82) is 0 Å². The molecular weight excluding hydrogens is 380 g/mol. The lowest BCUT2D eigenvalue weighted by Gasteiger charge is -2.18. The smallest absolute Gasteiger partial charge is 0.294 e. The number of imide groups is 1. The Morgan fingerprint density at radius 2 is 1.96 bits per heavy atom. The number of likely N-dealkylation sites (tertiary alicyclic amines) is 1. The number of carbonyl (C=O) groups is 3. The van der Waals surface area contributed by atoms with Crippen LogP contribution in [-0.4, -0.2) is 60.2 Å². The van der Waals surface area contributed by atoms with E-state index in [0.29, 0.717) is 36.1 Å². The first-order valence-corrected chi connectivity index (χ1v) is 10.2. The van der Waals surface area contributed by atoms with Crippen molar-refractivity contribution in [2.45, 2.75) is 26.2 Å². The molecule has 28 heavy (non-hydrogen) atoms. The molecule has 150 valence electrons. The second-order valence-corrected chi connectivity index (χ2v) is 7.61. The van der Waals surface area contributed by atoms with E-state index < -0.39 is 11.1 Å². The first-order valence-electron chi connectivity index (χ1n) is 9.37. The second kappa shape index (κ2) is 9.14. The van der Waals surface area contributed by atoms with E-state index in [4.69, 9.17) is 9.47 Å². The quantitative estimate of drug-likeness (QED) is 0.650. The van der Waals surface area contributed by atoms with Gasteiger partial charge in [0, 0.05) is 13.1 Å². The maximum Gasteiger partial charge on any atom is 0.294 e. The Balaban J connectivity index is 1.73. The van der Waals surface area contributed by atoms with E-state index in [1.54, 1.807) is 36.3 Å². The van der Waals surface area contributed by atoms with E-state index in [2.05, 4.69) is 0 Å². The average molecular weight is 404 g/mol. The highest BCUT2D eigenvalue weighted by molar-refractivity contribution is 8.18. The van der Waals surface area contributed by atoms with E-state index >= 15 is 0 Å². The number of thioether (sulfide) groups is 1. The predicted octanol–water partition coefficient (Wildman–Crippen LogP) is 3.14. The molecule has 2 fully saturated rings. The van der Waals surface area contributed by atoms with Gasteiger partial charge in [-0.25, -0.2) is 0 Å². The largest absolute Gasteiger partial charge is 0.493 e. The minimum absolute atomic E-state index is 0.180. The zero-order valence-electron chi connectivity index (χ0n) is 16.1. The van der Waals surface area contributed by atoms with Gasteiger partial charge >= 0.3 is 0 Å². The first kappa shape index (κ1) is 20.3. The van der Waals surface area contributed by atoms with Gasteiger partial charge in [-0.3, -0.25) is 19.3 Å². The minimum Gasteiger partial charge on any atom is -0.493 e. The molecule has 0 radical (unpaired) electrons. The summed E-state index contributed by atoms with van der Waals surface area (Å²) in [4.78, 5) is 40.2. The van der Waals surface area contributed by atoms with Crippen LogP contribution in [0.2, 0.25) is 0 Å². The van der Waals surface area contributed by atoms with Crippen molar-refractivity contribution in [1.82, 2.24) is 9.80 Å². The molecule has 0 N–H and O–H groups in total. The Morgan fingerprint density at radius 1 is 1.21 bits per heavy atom. The van der Waals surface area contributed by atoms with Crippen LogP contribution in [0.1, 0.15) is 31.7 Å². The number of ether oxygens (including phenoxy) is 2. The summed E-state index contributed by atoms with van der Waals surface area (Å²) in [5.41, 5.74) is 0.720. The fraction of sp³-hybridized carbons (Fsp3) is 0.450. The fourth-order valence-corrected chi connectivity index (χ4v) is 3.93. The SMILES string of the molecule is CCCOc1ccc(/C=C2\SC(=O)N(CC(=O)N3CCCC3)C2=O)cc1OC. The number of amides is 3. The van der Waals surface area contributed by atoms with E-state index in [9.17, 15) is 14.4 Å². The minimum atomic E-state index is -0.437. The molecule has 1 aromatic rings. The third kappa shape index (κ3) is 4.49. The molecule has 3 amide bonds. The lowest BCUT2D eigenvalue weighted by molar-refractivity contribution is -0.135. The summed E-state index contributed by atoms with van der Waals surface area (Å²) in [6.07, 6.45) is 4.45. The number of hydrogen-bond acceptors (Lipinski definition) is 6. The van der Waals surface area contributed by atoms with Crippen LogP contribution in [0, 0.1) is 0 Å². The van der Waals surface area contributed by atoms with Gasteiger partial charge in [0.1, 0.15) is 6.54 Å². The molecular formula is C20H24N2O5S. The fourth-order valence-electron chi connectivity index (χ4n) is 3.09. The number of methoxy groups -OCH3 is 1. The summed E-state index contributed by atoms with van der Waals surface area (Å²) in [7, 11) is 1.55. The number of carbonyl (C=O) groups excluding carboxylic acids is 3. The molecule has 0 spiro atoms. The topological polar surface area (TPSA) is 76.2 Å². The number of rotatable bonds is 7. The summed E-state index contributed by atoms with van der Waals surface area (Å²) < 4.78 is 11.0. The summed E-state index contributed by atoms with van der Waals surface area (Å²) in [6.45, 7) is 3.79. The maximum atomic E-state index is 12.6. The summed E-state index contributed by atoms with van der Waals surface area (Å²) in [6, 6.07) is 5.34. The van der Waals surface area contributed by atoms with E-state index in [1.165, 1.54) is 0 Å². The highest BCUT2D eigenvalue weighted by Gasteiger charge is 2.37. The first-order chi connectivity index (χ1) is 13.5. The molecule has 2 heterocycles. The summed E-state index contributed by atoms with van der Waals surface area (Å²) in [5, 5.41) is -0.418. The molecule has 0 bridgehead atoms. The van der Waals surface area contributed by atoms with E-state index in [0.717, 1.165) is 41.5 Å². The number of hydrogen-bond donors (Lipinski definition) is 0. The van der Waals surface area contributed by atoms with Crippen molar-refractivity contribution in [2.24, 2.45) is 0 Å². The van der Waals surface area contributed by atoms with E-state index in [-0.39, 0.29) is 12.5 Å². The monoisotopic (exact) mass is 404 g/mol. The van der Waals surface area contributed by atoms with Gasteiger partial charge in [0.15, 0.2) is 11.5 Å². The zero-order valence-corrected chi connectivity index (χ0v) is 16.9. The Labute approximate surface area is 168 Å². The van der Waals surface area contributed by atoms with Crippen LogP contribution >= 0.6 is 11.8 Å².